The van der Waals surface area contributed by atoms with Gasteiger partial charge in [0.2, 0.25) is 5.91 Å². The summed E-state index contributed by atoms with van der Waals surface area (Å²) < 4.78 is 13.2. The molecule has 1 amide bonds. The molecular formula is C10H13Cl2FN2O. The Morgan fingerprint density at radius 2 is 2.25 bits per heavy atom. The lowest BCUT2D eigenvalue weighted by Crippen LogP contribution is -2.24. The van der Waals surface area contributed by atoms with Crippen LogP contribution in [0, 0.1) is 5.82 Å². The van der Waals surface area contributed by atoms with Crippen LogP contribution in [0.2, 0.25) is 5.02 Å². The van der Waals surface area contributed by atoms with E-state index in [2.05, 4.69) is 5.32 Å². The maximum Gasteiger partial charge on any atom is 0.225 e. The molecule has 0 saturated heterocycles. The smallest absolute Gasteiger partial charge is 0.225 e. The third-order valence-corrected chi connectivity index (χ3v) is 1.95. The molecule has 0 fully saturated rings. The first kappa shape index (κ1) is 15.2. The van der Waals surface area contributed by atoms with Crippen LogP contribution in [0.5, 0.6) is 0 Å². The molecule has 3 N–H and O–H groups in total. The van der Waals surface area contributed by atoms with Crippen LogP contribution < -0.4 is 11.1 Å². The van der Waals surface area contributed by atoms with Crippen LogP contribution in [-0.4, -0.2) is 11.9 Å². The quantitative estimate of drug-likeness (QED) is 0.884. The second kappa shape index (κ2) is 6.68. The summed E-state index contributed by atoms with van der Waals surface area (Å²) in [6.07, 6.45) is 0.155. The molecule has 0 aliphatic heterocycles. The molecule has 0 radical (unpaired) electrons. The fourth-order valence-electron chi connectivity index (χ4n) is 1.08. The molecule has 3 nitrogen and oxygen atoms in total. The van der Waals surface area contributed by atoms with Crippen molar-refractivity contribution in [2.45, 2.75) is 19.4 Å². The van der Waals surface area contributed by atoms with Crippen LogP contribution in [0.15, 0.2) is 18.2 Å². The van der Waals surface area contributed by atoms with Crippen molar-refractivity contribution in [1.29, 1.82) is 0 Å². The molecule has 1 unspecified atom stereocenters. The van der Waals surface area contributed by atoms with Crippen LogP contribution in [0.1, 0.15) is 13.3 Å². The summed E-state index contributed by atoms with van der Waals surface area (Å²) in [5.41, 5.74) is 5.55. The number of nitrogens with one attached hydrogen (secondary N) is 1. The zero-order chi connectivity index (χ0) is 11.4. The lowest BCUT2D eigenvalue weighted by atomic mass is 10.2. The summed E-state index contributed by atoms with van der Waals surface area (Å²) in [4.78, 5) is 11.3. The molecule has 1 atom stereocenters. The number of carbonyl (C=O) groups excluding carboxylic acids is 1. The molecule has 6 heteroatoms. The van der Waals surface area contributed by atoms with E-state index in [1.54, 1.807) is 6.92 Å². The molecule has 1 aromatic rings. The van der Waals surface area contributed by atoms with Crippen molar-refractivity contribution in [2.75, 3.05) is 5.32 Å². The normalized spacial score (nSPS) is 11.5. The van der Waals surface area contributed by atoms with E-state index in [-0.39, 0.29) is 41.5 Å². The minimum Gasteiger partial charge on any atom is -0.327 e. The number of halogens is 3. The largest absolute Gasteiger partial charge is 0.327 e. The molecule has 1 aromatic carbocycles. The van der Waals surface area contributed by atoms with Crippen molar-refractivity contribution in [3.63, 3.8) is 0 Å². The maximum absolute atomic E-state index is 13.2. The van der Waals surface area contributed by atoms with E-state index in [9.17, 15) is 9.18 Å². The number of benzene rings is 1. The van der Waals surface area contributed by atoms with Crippen LogP contribution in [0.4, 0.5) is 10.1 Å². The van der Waals surface area contributed by atoms with E-state index >= 15 is 0 Å². The van der Waals surface area contributed by atoms with Gasteiger partial charge in [0.15, 0.2) is 0 Å². The summed E-state index contributed by atoms with van der Waals surface area (Å²) in [7, 11) is 0. The Hall–Kier alpha value is -0.840. The molecule has 90 valence electrons. The number of anilines is 1. The summed E-state index contributed by atoms with van der Waals surface area (Å²) in [5.74, 6) is -0.869. The Bertz CT molecular complexity index is 372. The second-order valence-corrected chi connectivity index (χ2v) is 3.79. The van der Waals surface area contributed by atoms with Crippen molar-refractivity contribution in [2.24, 2.45) is 5.73 Å². The number of hydrogen-bond acceptors (Lipinski definition) is 2. The Labute approximate surface area is 105 Å². The highest BCUT2D eigenvalue weighted by Crippen LogP contribution is 2.18. The average molecular weight is 267 g/mol. The molecule has 0 aliphatic carbocycles. The van der Waals surface area contributed by atoms with Crippen molar-refractivity contribution in [1.82, 2.24) is 0 Å². The van der Waals surface area contributed by atoms with E-state index in [0.29, 0.717) is 0 Å². The highest BCUT2D eigenvalue weighted by molar-refractivity contribution is 6.30. The monoisotopic (exact) mass is 266 g/mol. The molecule has 1 rings (SSSR count). The Kier molecular flexibility index (Phi) is 6.33. The summed E-state index contributed by atoms with van der Waals surface area (Å²) in [6, 6.07) is 3.81. The number of rotatable bonds is 3. The number of nitrogens with two attached hydrogens (primary N) is 1. The van der Waals surface area contributed by atoms with Crippen molar-refractivity contribution in [3.05, 3.63) is 29.0 Å². The lowest BCUT2D eigenvalue weighted by molar-refractivity contribution is -0.116. The second-order valence-electron chi connectivity index (χ2n) is 3.35. The fourth-order valence-corrected chi connectivity index (χ4v) is 1.24. The Morgan fingerprint density at radius 3 is 2.75 bits per heavy atom. The van der Waals surface area contributed by atoms with Crippen molar-refractivity contribution in [3.8, 4) is 0 Å². The fraction of sp³-hybridized carbons (Fsp3) is 0.300. The zero-order valence-electron chi connectivity index (χ0n) is 8.67. The molecule has 0 saturated carbocycles. The summed E-state index contributed by atoms with van der Waals surface area (Å²) >= 11 is 5.57. The predicted octanol–water partition coefficient (Wildman–Crippen LogP) is 2.58. The first-order chi connectivity index (χ1) is 6.99. The topological polar surface area (TPSA) is 55.1 Å². The number of hydrogen-bond donors (Lipinski definition) is 2. The van der Waals surface area contributed by atoms with Crippen LogP contribution in [0.25, 0.3) is 0 Å². The van der Waals surface area contributed by atoms with Gasteiger partial charge in [-0.25, -0.2) is 4.39 Å². The maximum atomic E-state index is 13.2. The van der Waals surface area contributed by atoms with Crippen molar-refractivity contribution < 1.29 is 9.18 Å². The first-order valence-corrected chi connectivity index (χ1v) is 4.87. The predicted molar refractivity (Wildman–Crippen MR) is 65.6 cm³/mol. The van der Waals surface area contributed by atoms with Crippen molar-refractivity contribution >= 4 is 35.6 Å². The minimum atomic E-state index is -0.555. The van der Waals surface area contributed by atoms with E-state index < -0.39 is 5.82 Å². The van der Waals surface area contributed by atoms with Crippen LogP contribution in [-0.2, 0) is 4.79 Å². The van der Waals surface area contributed by atoms with Crippen LogP contribution >= 0.6 is 24.0 Å². The molecule has 0 bridgehead atoms. The van der Waals surface area contributed by atoms with Gasteiger partial charge in [-0.05, 0) is 25.1 Å². The average Bonchev–Trinajstić information content (AvgIpc) is 2.08. The Morgan fingerprint density at radius 1 is 1.62 bits per heavy atom. The zero-order valence-corrected chi connectivity index (χ0v) is 10.2. The third kappa shape index (κ3) is 4.79. The van der Waals surface area contributed by atoms with Gasteiger partial charge >= 0.3 is 0 Å². The third-order valence-electron chi connectivity index (χ3n) is 1.71. The number of carbonyl (C=O) groups is 1. The van der Waals surface area contributed by atoms with Gasteiger partial charge in [-0.15, -0.1) is 12.4 Å². The van der Waals surface area contributed by atoms with Gasteiger partial charge in [0, 0.05) is 17.5 Å². The molecule has 16 heavy (non-hydrogen) atoms. The summed E-state index contributed by atoms with van der Waals surface area (Å²) in [5, 5.41) is 2.71. The minimum absolute atomic E-state index is 0. The van der Waals surface area contributed by atoms with E-state index in [1.807, 2.05) is 0 Å². The Balaban J connectivity index is 0.00000225. The van der Waals surface area contributed by atoms with E-state index in [1.165, 1.54) is 12.1 Å². The van der Waals surface area contributed by atoms with Gasteiger partial charge in [0.05, 0.1) is 5.69 Å². The number of amides is 1. The lowest BCUT2D eigenvalue weighted by Gasteiger charge is -2.08. The van der Waals surface area contributed by atoms with Gasteiger partial charge < -0.3 is 11.1 Å². The molecule has 0 aliphatic rings. The molecule has 0 aromatic heterocycles. The van der Waals surface area contributed by atoms with Gasteiger partial charge in [0.25, 0.3) is 0 Å². The van der Waals surface area contributed by atoms with E-state index in [0.717, 1.165) is 6.07 Å². The highest BCUT2D eigenvalue weighted by Gasteiger charge is 2.08. The highest BCUT2D eigenvalue weighted by atomic mass is 35.5. The van der Waals surface area contributed by atoms with Gasteiger partial charge in [-0.3, -0.25) is 4.79 Å². The van der Waals surface area contributed by atoms with E-state index in [4.69, 9.17) is 17.3 Å². The van der Waals surface area contributed by atoms with Gasteiger partial charge in [0.1, 0.15) is 5.82 Å². The molecule has 0 heterocycles. The van der Waals surface area contributed by atoms with Crippen LogP contribution in [0.3, 0.4) is 0 Å². The molecular weight excluding hydrogens is 254 g/mol. The SMILES string of the molecule is CC(N)CC(=O)Nc1ccc(Cl)cc1F.Cl. The summed E-state index contributed by atoms with van der Waals surface area (Å²) in [6.45, 7) is 1.71. The van der Waals surface area contributed by atoms with Gasteiger partial charge in [-0.2, -0.15) is 0 Å². The van der Waals surface area contributed by atoms with Gasteiger partial charge in [-0.1, -0.05) is 11.6 Å². The first-order valence-electron chi connectivity index (χ1n) is 4.49. The standard InChI is InChI=1S/C10H12ClFN2O.ClH/c1-6(13)4-10(15)14-9-3-2-7(11)5-8(9)12;/h2-3,5-6H,4,13H2,1H3,(H,14,15);1H. The molecule has 0 spiro atoms.